The van der Waals surface area contributed by atoms with Crippen molar-refractivity contribution in [2.24, 2.45) is 0 Å². The lowest BCUT2D eigenvalue weighted by Gasteiger charge is -2.06. The number of unbranched alkanes of at least 4 members (excludes halogenated alkanes) is 1. The van der Waals surface area contributed by atoms with Crippen LogP contribution in [0.1, 0.15) is 25.3 Å². The van der Waals surface area contributed by atoms with Crippen LogP contribution >= 0.6 is 0 Å². The number of hydrogen-bond acceptors (Lipinski definition) is 2. The van der Waals surface area contributed by atoms with Crippen molar-refractivity contribution < 1.29 is 5.11 Å². The Hall–Kier alpha value is -1.57. The highest BCUT2D eigenvalue weighted by Gasteiger charge is 2.04. The van der Waals surface area contributed by atoms with Crippen LogP contribution in [0.25, 0.3) is 10.9 Å². The molecule has 0 aliphatic heterocycles. The summed E-state index contributed by atoms with van der Waals surface area (Å²) in [5, 5.41) is 10.7. The molecule has 0 saturated heterocycles. The van der Waals surface area contributed by atoms with Gasteiger partial charge >= 0.3 is 0 Å². The Bertz CT molecular complexity index is 465. The maximum absolute atomic E-state index is 9.66. The van der Waals surface area contributed by atoms with E-state index in [0.717, 1.165) is 11.8 Å². The molecule has 78 valence electrons. The minimum absolute atomic E-state index is 0.269. The monoisotopic (exact) mass is 201 g/mol. The molecule has 1 aromatic carbocycles. The summed E-state index contributed by atoms with van der Waals surface area (Å²) >= 11 is 0. The molecule has 0 saturated carbocycles. The second-order valence-corrected chi connectivity index (χ2v) is 3.75. The average molecular weight is 201 g/mol. The van der Waals surface area contributed by atoms with Crippen LogP contribution in [0.4, 0.5) is 0 Å². The van der Waals surface area contributed by atoms with Crippen LogP contribution in [0.15, 0.2) is 30.5 Å². The molecular formula is C13H15NO. The van der Waals surface area contributed by atoms with E-state index in [1.807, 2.05) is 18.2 Å². The van der Waals surface area contributed by atoms with Gasteiger partial charge in [0.15, 0.2) is 0 Å². The molecule has 0 aliphatic rings. The number of aromatic nitrogens is 1. The van der Waals surface area contributed by atoms with Crippen molar-refractivity contribution in [1.29, 1.82) is 0 Å². The van der Waals surface area contributed by atoms with Crippen molar-refractivity contribution in [2.75, 3.05) is 0 Å². The number of phenols is 1. The van der Waals surface area contributed by atoms with Gasteiger partial charge in [-0.2, -0.15) is 0 Å². The van der Waals surface area contributed by atoms with Gasteiger partial charge in [0.05, 0.1) is 0 Å². The van der Waals surface area contributed by atoms with Gasteiger partial charge in [0.2, 0.25) is 0 Å². The number of nitrogens with zero attached hydrogens (tertiary/aromatic N) is 1. The van der Waals surface area contributed by atoms with Crippen LogP contribution in [-0.4, -0.2) is 10.1 Å². The minimum Gasteiger partial charge on any atom is -0.506 e. The van der Waals surface area contributed by atoms with Crippen molar-refractivity contribution in [3.05, 3.63) is 36.0 Å². The normalized spacial score (nSPS) is 10.7. The standard InChI is InChI=1S/C13H15NO/c1-2-3-5-10-7-8-12(15)13-11(10)6-4-9-14-13/h4,6-9,15H,2-3,5H2,1H3. The largest absolute Gasteiger partial charge is 0.506 e. The third kappa shape index (κ3) is 1.94. The number of benzene rings is 1. The molecule has 2 nitrogen and oxygen atoms in total. The number of phenolic OH excluding ortho intramolecular Hbond substituents is 1. The van der Waals surface area contributed by atoms with Gasteiger partial charge in [0.1, 0.15) is 11.3 Å². The quantitative estimate of drug-likeness (QED) is 0.826. The molecule has 1 N–H and O–H groups in total. The molecule has 0 radical (unpaired) electrons. The van der Waals surface area contributed by atoms with Gasteiger partial charge in [-0.15, -0.1) is 0 Å². The number of hydrogen-bond donors (Lipinski definition) is 1. The topological polar surface area (TPSA) is 33.1 Å². The fourth-order valence-electron chi connectivity index (χ4n) is 1.80. The molecular weight excluding hydrogens is 186 g/mol. The highest BCUT2D eigenvalue weighted by molar-refractivity contribution is 5.87. The summed E-state index contributed by atoms with van der Waals surface area (Å²) in [4.78, 5) is 4.20. The van der Waals surface area contributed by atoms with Gasteiger partial charge in [-0.3, -0.25) is 4.98 Å². The Morgan fingerprint density at radius 1 is 1.27 bits per heavy atom. The fraction of sp³-hybridized carbons (Fsp3) is 0.308. The molecule has 0 fully saturated rings. The van der Waals surface area contributed by atoms with Crippen LogP contribution in [-0.2, 0) is 6.42 Å². The highest BCUT2D eigenvalue weighted by Crippen LogP contribution is 2.26. The van der Waals surface area contributed by atoms with Gasteiger partial charge in [-0.1, -0.05) is 25.5 Å². The minimum atomic E-state index is 0.269. The molecule has 15 heavy (non-hydrogen) atoms. The molecule has 1 aromatic heterocycles. The number of aromatic hydroxyl groups is 1. The zero-order valence-electron chi connectivity index (χ0n) is 8.90. The van der Waals surface area contributed by atoms with E-state index in [1.165, 1.54) is 18.4 Å². The van der Waals surface area contributed by atoms with E-state index in [1.54, 1.807) is 12.3 Å². The summed E-state index contributed by atoms with van der Waals surface area (Å²) in [7, 11) is 0. The molecule has 2 aromatic rings. The first kappa shape index (κ1) is 9.97. The van der Waals surface area contributed by atoms with E-state index in [9.17, 15) is 5.11 Å². The Labute approximate surface area is 89.6 Å². The van der Waals surface area contributed by atoms with Crippen LogP contribution in [0.2, 0.25) is 0 Å². The zero-order chi connectivity index (χ0) is 10.7. The van der Waals surface area contributed by atoms with E-state index in [4.69, 9.17) is 0 Å². The third-order valence-corrected chi connectivity index (χ3v) is 2.64. The van der Waals surface area contributed by atoms with E-state index in [2.05, 4.69) is 11.9 Å². The predicted molar refractivity (Wildman–Crippen MR) is 62.0 cm³/mol. The molecule has 0 atom stereocenters. The zero-order valence-corrected chi connectivity index (χ0v) is 8.90. The summed E-state index contributed by atoms with van der Waals surface area (Å²) in [6.45, 7) is 2.18. The molecule has 0 unspecified atom stereocenters. The first-order valence-electron chi connectivity index (χ1n) is 5.38. The van der Waals surface area contributed by atoms with E-state index in [-0.39, 0.29) is 5.75 Å². The Balaban J connectivity index is 2.51. The van der Waals surface area contributed by atoms with Gasteiger partial charge in [0.25, 0.3) is 0 Å². The van der Waals surface area contributed by atoms with Crippen molar-refractivity contribution in [2.45, 2.75) is 26.2 Å². The molecule has 0 bridgehead atoms. The lowest BCUT2D eigenvalue weighted by atomic mass is 10.0. The van der Waals surface area contributed by atoms with Crippen molar-refractivity contribution in [3.63, 3.8) is 0 Å². The average Bonchev–Trinajstić information content (AvgIpc) is 2.29. The van der Waals surface area contributed by atoms with Crippen molar-refractivity contribution >= 4 is 10.9 Å². The molecule has 2 heteroatoms. The first-order chi connectivity index (χ1) is 7.33. The summed E-state index contributed by atoms with van der Waals surface area (Å²) in [6, 6.07) is 7.67. The molecule has 1 heterocycles. The predicted octanol–water partition coefficient (Wildman–Crippen LogP) is 3.28. The van der Waals surface area contributed by atoms with Crippen molar-refractivity contribution in [3.8, 4) is 5.75 Å². The Morgan fingerprint density at radius 2 is 2.13 bits per heavy atom. The Kier molecular flexibility index (Phi) is 2.86. The summed E-state index contributed by atoms with van der Waals surface area (Å²) in [6.07, 6.45) is 5.13. The van der Waals surface area contributed by atoms with E-state index < -0.39 is 0 Å². The lowest BCUT2D eigenvalue weighted by Crippen LogP contribution is -1.88. The van der Waals surface area contributed by atoms with Gasteiger partial charge in [0, 0.05) is 11.6 Å². The second kappa shape index (κ2) is 4.30. The first-order valence-corrected chi connectivity index (χ1v) is 5.38. The lowest BCUT2D eigenvalue weighted by molar-refractivity contribution is 0.480. The van der Waals surface area contributed by atoms with Crippen molar-refractivity contribution in [1.82, 2.24) is 4.98 Å². The van der Waals surface area contributed by atoms with E-state index >= 15 is 0 Å². The maximum Gasteiger partial charge on any atom is 0.141 e. The number of aryl methyl sites for hydroxylation is 1. The highest BCUT2D eigenvalue weighted by atomic mass is 16.3. The summed E-state index contributed by atoms with van der Waals surface area (Å²) < 4.78 is 0. The van der Waals surface area contributed by atoms with Crippen LogP contribution < -0.4 is 0 Å². The van der Waals surface area contributed by atoms with Crippen LogP contribution in [0.3, 0.4) is 0 Å². The fourth-order valence-corrected chi connectivity index (χ4v) is 1.80. The van der Waals surface area contributed by atoms with E-state index in [0.29, 0.717) is 5.52 Å². The maximum atomic E-state index is 9.66. The summed E-state index contributed by atoms with van der Waals surface area (Å²) in [5.74, 6) is 0.269. The third-order valence-electron chi connectivity index (χ3n) is 2.64. The molecule has 0 spiro atoms. The Morgan fingerprint density at radius 3 is 2.93 bits per heavy atom. The second-order valence-electron chi connectivity index (χ2n) is 3.75. The molecule has 0 amide bonds. The summed E-state index contributed by atoms with van der Waals surface area (Å²) in [5.41, 5.74) is 1.99. The SMILES string of the molecule is CCCCc1ccc(O)c2ncccc12. The molecule has 2 rings (SSSR count). The number of pyridine rings is 1. The van der Waals surface area contributed by atoms with Gasteiger partial charge < -0.3 is 5.11 Å². The van der Waals surface area contributed by atoms with Crippen LogP contribution in [0, 0.1) is 0 Å². The van der Waals surface area contributed by atoms with Gasteiger partial charge in [-0.25, -0.2) is 0 Å². The molecule has 0 aliphatic carbocycles. The number of rotatable bonds is 3. The smallest absolute Gasteiger partial charge is 0.141 e. The number of fused-ring (bicyclic) bond motifs is 1. The van der Waals surface area contributed by atoms with Crippen LogP contribution in [0.5, 0.6) is 5.75 Å². The van der Waals surface area contributed by atoms with Gasteiger partial charge in [-0.05, 0) is 30.5 Å².